The average Bonchev–Trinajstić information content (AvgIpc) is 2.64. The van der Waals surface area contributed by atoms with Gasteiger partial charge < -0.3 is 4.89 Å². The standard InChI is InChI=1S/C20H27NO2P2/c22-25(23,18-21-14-8-3-9-15-21)17-16-24(19-10-4-1-5-11-19)20-12-6-2-7-13-20/h1-2,4-7,10-13H,3,8-9,14-18H2,(H,22,23). The van der Waals surface area contributed by atoms with E-state index in [-0.39, 0.29) is 0 Å². The Balaban J connectivity index is 1.69. The first-order chi connectivity index (χ1) is 12.1. The first kappa shape index (κ1) is 18.8. The van der Waals surface area contributed by atoms with Crippen molar-refractivity contribution in [2.24, 2.45) is 0 Å². The predicted molar refractivity (Wildman–Crippen MR) is 109 cm³/mol. The molecule has 0 radical (unpaired) electrons. The monoisotopic (exact) mass is 375 g/mol. The molecule has 0 saturated carbocycles. The van der Waals surface area contributed by atoms with Crippen molar-refractivity contribution in [3.63, 3.8) is 0 Å². The summed E-state index contributed by atoms with van der Waals surface area (Å²) in [6, 6.07) is 20.8. The summed E-state index contributed by atoms with van der Waals surface area (Å²) in [5, 5.41) is 2.56. The Morgan fingerprint density at radius 1 is 0.880 bits per heavy atom. The molecule has 1 aliphatic rings. The van der Waals surface area contributed by atoms with E-state index in [2.05, 4.69) is 53.4 Å². The van der Waals surface area contributed by atoms with Gasteiger partial charge in [0.1, 0.15) is 0 Å². The maximum absolute atomic E-state index is 12.8. The Morgan fingerprint density at radius 3 is 1.92 bits per heavy atom. The fourth-order valence-corrected chi connectivity index (χ4v) is 8.34. The minimum atomic E-state index is -3.11. The van der Waals surface area contributed by atoms with Crippen LogP contribution in [0.3, 0.4) is 0 Å². The first-order valence-electron chi connectivity index (χ1n) is 9.05. The summed E-state index contributed by atoms with van der Waals surface area (Å²) >= 11 is 0. The van der Waals surface area contributed by atoms with Gasteiger partial charge in [-0.1, -0.05) is 67.1 Å². The molecule has 25 heavy (non-hydrogen) atoms. The molecule has 1 saturated heterocycles. The van der Waals surface area contributed by atoms with E-state index in [0.717, 1.165) is 32.1 Å². The maximum Gasteiger partial charge on any atom is 0.214 e. The zero-order valence-corrected chi connectivity index (χ0v) is 16.4. The fraction of sp³-hybridized carbons (Fsp3) is 0.400. The van der Waals surface area contributed by atoms with Crippen molar-refractivity contribution in [3.8, 4) is 0 Å². The van der Waals surface area contributed by atoms with Crippen molar-refractivity contribution >= 4 is 25.9 Å². The van der Waals surface area contributed by atoms with Gasteiger partial charge in [0.05, 0.1) is 6.29 Å². The molecule has 1 aliphatic heterocycles. The lowest BCUT2D eigenvalue weighted by Gasteiger charge is -2.29. The van der Waals surface area contributed by atoms with Crippen molar-refractivity contribution in [3.05, 3.63) is 60.7 Å². The van der Waals surface area contributed by atoms with Crippen molar-refractivity contribution in [2.45, 2.75) is 19.3 Å². The lowest BCUT2D eigenvalue weighted by atomic mass is 10.1. The number of hydrogen-bond acceptors (Lipinski definition) is 2. The van der Waals surface area contributed by atoms with E-state index in [0.29, 0.717) is 12.4 Å². The van der Waals surface area contributed by atoms with Crippen LogP contribution in [0.15, 0.2) is 60.7 Å². The van der Waals surface area contributed by atoms with Crippen LogP contribution in [-0.2, 0) is 4.57 Å². The van der Waals surface area contributed by atoms with Gasteiger partial charge >= 0.3 is 0 Å². The molecule has 5 heteroatoms. The smallest absolute Gasteiger partial charge is 0.214 e. The highest BCUT2D eigenvalue weighted by Crippen LogP contribution is 2.46. The lowest BCUT2D eigenvalue weighted by Crippen LogP contribution is -2.31. The third-order valence-corrected chi connectivity index (χ3v) is 9.31. The largest absolute Gasteiger partial charge is 0.343 e. The summed E-state index contributed by atoms with van der Waals surface area (Å²) < 4.78 is 12.8. The summed E-state index contributed by atoms with van der Waals surface area (Å²) in [5.74, 6) is 0. The zero-order chi connectivity index (χ0) is 17.5. The average molecular weight is 375 g/mol. The molecular formula is C20H27NO2P2. The molecule has 1 heterocycles. The number of hydrogen-bond donors (Lipinski definition) is 1. The first-order valence-corrected chi connectivity index (χ1v) is 12.6. The molecule has 1 atom stereocenters. The number of benzene rings is 2. The molecule has 3 rings (SSSR count). The van der Waals surface area contributed by atoms with Crippen LogP contribution in [0.2, 0.25) is 0 Å². The molecule has 134 valence electrons. The lowest BCUT2D eigenvalue weighted by molar-refractivity contribution is 0.253. The Kier molecular flexibility index (Phi) is 6.84. The van der Waals surface area contributed by atoms with Crippen molar-refractivity contribution in [1.82, 2.24) is 4.90 Å². The molecule has 2 aromatic carbocycles. The Labute approximate surface area is 152 Å². The number of rotatable bonds is 7. The van der Waals surface area contributed by atoms with E-state index in [1.54, 1.807) is 0 Å². The second-order valence-electron chi connectivity index (χ2n) is 6.71. The molecule has 1 N–H and O–H groups in total. The van der Waals surface area contributed by atoms with Gasteiger partial charge in [0, 0.05) is 6.16 Å². The summed E-state index contributed by atoms with van der Waals surface area (Å²) in [6.07, 6.45) is 5.09. The van der Waals surface area contributed by atoms with Crippen LogP contribution in [0.4, 0.5) is 0 Å². The minimum absolute atomic E-state index is 0.361. The Morgan fingerprint density at radius 2 is 1.40 bits per heavy atom. The number of likely N-dealkylation sites (tertiary alicyclic amines) is 1. The van der Waals surface area contributed by atoms with Crippen LogP contribution in [-0.4, -0.2) is 41.5 Å². The molecule has 0 aromatic heterocycles. The van der Waals surface area contributed by atoms with Gasteiger partial charge in [-0.3, -0.25) is 9.46 Å². The highest BCUT2D eigenvalue weighted by Gasteiger charge is 2.25. The van der Waals surface area contributed by atoms with Crippen molar-refractivity contribution in [1.29, 1.82) is 0 Å². The Bertz CT molecular complexity index is 648. The number of nitrogens with zero attached hydrogens (tertiary/aromatic N) is 1. The molecule has 0 bridgehead atoms. The molecule has 1 unspecified atom stereocenters. The van der Waals surface area contributed by atoms with Gasteiger partial charge in [-0.2, -0.15) is 0 Å². The zero-order valence-electron chi connectivity index (χ0n) is 14.6. The molecule has 0 spiro atoms. The molecule has 1 fully saturated rings. The van der Waals surface area contributed by atoms with Crippen LogP contribution in [0.1, 0.15) is 19.3 Å². The summed E-state index contributed by atoms with van der Waals surface area (Å²) in [5.41, 5.74) is 0. The highest BCUT2D eigenvalue weighted by molar-refractivity contribution is 7.73. The van der Waals surface area contributed by atoms with Crippen molar-refractivity contribution < 1.29 is 9.46 Å². The van der Waals surface area contributed by atoms with Gasteiger partial charge in [-0.05, 0) is 50.6 Å². The molecule has 0 aliphatic carbocycles. The van der Waals surface area contributed by atoms with Gasteiger partial charge in [0.2, 0.25) is 7.37 Å². The van der Waals surface area contributed by atoms with E-state index in [1.807, 2.05) is 12.1 Å². The third-order valence-electron chi connectivity index (χ3n) is 4.68. The second-order valence-corrected chi connectivity index (χ2v) is 11.5. The van der Waals surface area contributed by atoms with Gasteiger partial charge in [0.25, 0.3) is 0 Å². The quantitative estimate of drug-likeness (QED) is 0.748. The molecule has 2 aromatic rings. The molecule has 0 amide bonds. The van der Waals surface area contributed by atoms with Gasteiger partial charge in [-0.25, -0.2) is 0 Å². The summed E-state index contributed by atoms with van der Waals surface area (Å²) in [6.45, 7) is 1.94. The topological polar surface area (TPSA) is 40.5 Å². The Hall–Kier alpha value is -0.980. The molecule has 3 nitrogen and oxygen atoms in total. The van der Waals surface area contributed by atoms with Crippen molar-refractivity contribution in [2.75, 3.05) is 31.7 Å². The van der Waals surface area contributed by atoms with Gasteiger partial charge in [0.15, 0.2) is 0 Å². The van der Waals surface area contributed by atoms with E-state index in [4.69, 9.17) is 0 Å². The number of piperidine rings is 1. The maximum atomic E-state index is 12.8. The van der Waals surface area contributed by atoms with Gasteiger partial charge in [-0.15, -0.1) is 0 Å². The van der Waals surface area contributed by atoms with E-state index < -0.39 is 15.3 Å². The van der Waals surface area contributed by atoms with E-state index >= 15 is 0 Å². The molecular weight excluding hydrogens is 348 g/mol. The van der Waals surface area contributed by atoms with Crippen LogP contribution in [0.25, 0.3) is 0 Å². The van der Waals surface area contributed by atoms with Crippen LogP contribution in [0.5, 0.6) is 0 Å². The predicted octanol–water partition coefficient (Wildman–Crippen LogP) is 3.83. The second kappa shape index (κ2) is 9.10. The van der Waals surface area contributed by atoms with Crippen LogP contribution >= 0.6 is 15.3 Å². The van der Waals surface area contributed by atoms with E-state index in [1.165, 1.54) is 17.0 Å². The van der Waals surface area contributed by atoms with E-state index in [9.17, 15) is 9.46 Å². The SMILES string of the molecule is O=P(O)(CCP(c1ccccc1)c1ccccc1)CN1CCCCC1. The summed E-state index contributed by atoms with van der Waals surface area (Å²) in [7, 11) is -3.70. The normalized spacial score (nSPS) is 18.2. The van der Waals surface area contributed by atoms with Crippen LogP contribution in [0, 0.1) is 0 Å². The van der Waals surface area contributed by atoms with Crippen LogP contribution < -0.4 is 10.6 Å². The third kappa shape index (κ3) is 5.76. The highest BCUT2D eigenvalue weighted by atomic mass is 31.2. The fourth-order valence-electron chi connectivity index (χ4n) is 3.36. The summed E-state index contributed by atoms with van der Waals surface area (Å²) in [4.78, 5) is 12.7. The minimum Gasteiger partial charge on any atom is -0.343 e.